The summed E-state index contributed by atoms with van der Waals surface area (Å²) in [7, 11) is 1.44. The second-order valence-electron chi connectivity index (χ2n) is 3.44. The molecule has 0 spiro atoms. The molecule has 16 heavy (non-hydrogen) atoms. The monoisotopic (exact) mass is 221 g/mol. The predicted molar refractivity (Wildman–Crippen MR) is 58.7 cm³/mol. The highest BCUT2D eigenvalue weighted by atomic mass is 19.1. The van der Waals surface area contributed by atoms with E-state index in [1.807, 2.05) is 0 Å². The predicted octanol–water partition coefficient (Wildman–Crippen LogP) is 1.66. The highest BCUT2D eigenvalue weighted by Crippen LogP contribution is 2.18. The van der Waals surface area contributed by atoms with Crippen molar-refractivity contribution in [1.82, 2.24) is 9.78 Å². The summed E-state index contributed by atoms with van der Waals surface area (Å²) in [5.74, 6) is -0.135. The zero-order chi connectivity index (χ0) is 11.5. The van der Waals surface area contributed by atoms with Crippen molar-refractivity contribution in [1.29, 1.82) is 0 Å². The number of nitrogen functional groups attached to an aromatic ring is 1. The van der Waals surface area contributed by atoms with Crippen molar-refractivity contribution >= 4 is 5.69 Å². The van der Waals surface area contributed by atoms with Crippen LogP contribution in [0.15, 0.2) is 30.6 Å². The maximum absolute atomic E-state index is 13.4. The molecule has 84 valence electrons. The molecular weight excluding hydrogens is 209 g/mol. The molecule has 2 N–H and O–H groups in total. The number of halogens is 1. The van der Waals surface area contributed by atoms with Gasteiger partial charge in [0.15, 0.2) is 11.6 Å². The molecule has 4 nitrogen and oxygen atoms in total. The van der Waals surface area contributed by atoms with Gasteiger partial charge >= 0.3 is 0 Å². The third kappa shape index (κ3) is 2.13. The van der Waals surface area contributed by atoms with Gasteiger partial charge in [-0.05, 0) is 17.7 Å². The zero-order valence-electron chi connectivity index (χ0n) is 8.85. The fraction of sp³-hybridized carbons (Fsp3) is 0.182. The van der Waals surface area contributed by atoms with E-state index in [2.05, 4.69) is 5.10 Å². The van der Waals surface area contributed by atoms with Crippen molar-refractivity contribution in [2.24, 2.45) is 0 Å². The highest BCUT2D eigenvalue weighted by molar-refractivity contribution is 5.32. The van der Waals surface area contributed by atoms with Crippen LogP contribution in [0.1, 0.15) is 5.56 Å². The molecule has 0 amide bonds. The molecular formula is C11H12FN3O. The summed E-state index contributed by atoms with van der Waals surface area (Å²) in [5, 5.41) is 4.02. The molecule has 0 saturated carbocycles. The van der Waals surface area contributed by atoms with Gasteiger partial charge in [-0.3, -0.25) is 4.68 Å². The van der Waals surface area contributed by atoms with Crippen molar-refractivity contribution < 1.29 is 9.13 Å². The Morgan fingerprint density at radius 3 is 2.88 bits per heavy atom. The summed E-state index contributed by atoms with van der Waals surface area (Å²) in [6.07, 6.45) is 3.25. The summed E-state index contributed by atoms with van der Waals surface area (Å²) in [5.41, 5.74) is 6.93. The number of nitrogens with two attached hydrogens (primary N) is 1. The number of nitrogens with zero attached hydrogens (tertiary/aromatic N) is 2. The number of methoxy groups -OCH3 is 1. The molecule has 2 rings (SSSR count). The average Bonchev–Trinajstić information content (AvgIpc) is 2.64. The Morgan fingerprint density at radius 2 is 2.31 bits per heavy atom. The summed E-state index contributed by atoms with van der Waals surface area (Å²) in [4.78, 5) is 0. The molecule has 1 heterocycles. The molecule has 0 aliphatic heterocycles. The van der Waals surface area contributed by atoms with Crippen LogP contribution in [0.3, 0.4) is 0 Å². The minimum Gasteiger partial charge on any atom is -0.494 e. The van der Waals surface area contributed by atoms with Crippen molar-refractivity contribution in [3.8, 4) is 5.75 Å². The highest BCUT2D eigenvalue weighted by Gasteiger charge is 2.04. The number of benzene rings is 1. The number of rotatable bonds is 3. The van der Waals surface area contributed by atoms with Gasteiger partial charge in [0, 0.05) is 6.20 Å². The van der Waals surface area contributed by atoms with Crippen LogP contribution < -0.4 is 10.5 Å². The van der Waals surface area contributed by atoms with Crippen LogP contribution in [-0.2, 0) is 6.54 Å². The summed E-state index contributed by atoms with van der Waals surface area (Å²) in [6, 6.07) is 4.81. The minimum atomic E-state index is -0.375. The normalized spacial score (nSPS) is 10.4. The summed E-state index contributed by atoms with van der Waals surface area (Å²) >= 11 is 0. The van der Waals surface area contributed by atoms with Gasteiger partial charge in [0.2, 0.25) is 0 Å². The fourth-order valence-corrected chi connectivity index (χ4v) is 1.46. The fourth-order valence-electron chi connectivity index (χ4n) is 1.46. The van der Waals surface area contributed by atoms with E-state index in [9.17, 15) is 4.39 Å². The maximum atomic E-state index is 13.4. The van der Waals surface area contributed by atoms with Gasteiger partial charge in [-0.2, -0.15) is 5.10 Å². The van der Waals surface area contributed by atoms with Crippen LogP contribution >= 0.6 is 0 Å². The first-order chi connectivity index (χ1) is 7.69. The molecule has 0 bridgehead atoms. The van der Waals surface area contributed by atoms with Crippen LogP contribution in [0.2, 0.25) is 0 Å². The topological polar surface area (TPSA) is 53.1 Å². The van der Waals surface area contributed by atoms with E-state index in [1.165, 1.54) is 13.2 Å². The van der Waals surface area contributed by atoms with Crippen molar-refractivity contribution in [2.45, 2.75) is 6.54 Å². The molecule has 0 unspecified atom stereocenters. The van der Waals surface area contributed by atoms with Gasteiger partial charge in [0.1, 0.15) is 0 Å². The van der Waals surface area contributed by atoms with Crippen LogP contribution in [0.25, 0.3) is 0 Å². The number of anilines is 1. The number of ether oxygens (including phenoxy) is 1. The van der Waals surface area contributed by atoms with E-state index in [0.717, 1.165) is 5.56 Å². The largest absolute Gasteiger partial charge is 0.494 e. The second-order valence-corrected chi connectivity index (χ2v) is 3.44. The molecule has 0 aliphatic rings. The average molecular weight is 221 g/mol. The van der Waals surface area contributed by atoms with E-state index < -0.39 is 0 Å². The first-order valence-corrected chi connectivity index (χ1v) is 4.79. The Bertz CT molecular complexity index is 496. The lowest BCUT2D eigenvalue weighted by Crippen LogP contribution is -2.00. The van der Waals surface area contributed by atoms with Gasteiger partial charge in [0.05, 0.1) is 25.5 Å². The SMILES string of the molecule is COc1ccc(Cn2cc(N)cn2)cc1F. The second kappa shape index (κ2) is 4.22. The maximum Gasteiger partial charge on any atom is 0.165 e. The lowest BCUT2D eigenvalue weighted by atomic mass is 10.2. The van der Waals surface area contributed by atoms with E-state index in [0.29, 0.717) is 12.2 Å². The third-order valence-corrected chi connectivity index (χ3v) is 2.21. The van der Waals surface area contributed by atoms with Crippen LogP contribution in [0.4, 0.5) is 10.1 Å². The van der Waals surface area contributed by atoms with Crippen LogP contribution in [0, 0.1) is 5.82 Å². The van der Waals surface area contributed by atoms with Gasteiger partial charge in [-0.1, -0.05) is 6.07 Å². The molecule has 0 radical (unpaired) electrons. The van der Waals surface area contributed by atoms with E-state index in [4.69, 9.17) is 10.5 Å². The third-order valence-electron chi connectivity index (χ3n) is 2.21. The molecule has 0 atom stereocenters. The van der Waals surface area contributed by atoms with E-state index in [-0.39, 0.29) is 11.6 Å². The van der Waals surface area contributed by atoms with Gasteiger partial charge in [-0.25, -0.2) is 4.39 Å². The van der Waals surface area contributed by atoms with E-state index >= 15 is 0 Å². The van der Waals surface area contributed by atoms with Gasteiger partial charge in [0.25, 0.3) is 0 Å². The Morgan fingerprint density at radius 1 is 1.50 bits per heavy atom. The smallest absolute Gasteiger partial charge is 0.165 e. The zero-order valence-corrected chi connectivity index (χ0v) is 8.85. The van der Waals surface area contributed by atoms with Crippen LogP contribution in [-0.4, -0.2) is 16.9 Å². The van der Waals surface area contributed by atoms with Gasteiger partial charge < -0.3 is 10.5 Å². The molecule has 0 aliphatic carbocycles. The molecule has 2 aromatic rings. The Hall–Kier alpha value is -2.04. The lowest BCUT2D eigenvalue weighted by molar-refractivity contribution is 0.386. The Balaban J connectivity index is 2.19. The number of aromatic nitrogens is 2. The van der Waals surface area contributed by atoms with E-state index in [1.54, 1.807) is 29.2 Å². The lowest BCUT2D eigenvalue weighted by Gasteiger charge is -2.05. The van der Waals surface area contributed by atoms with Crippen molar-refractivity contribution in [3.63, 3.8) is 0 Å². The standard InChI is InChI=1S/C11H12FN3O/c1-16-11-3-2-8(4-10(11)12)6-15-7-9(13)5-14-15/h2-5,7H,6,13H2,1H3. The first kappa shape index (κ1) is 10.5. The quantitative estimate of drug-likeness (QED) is 0.857. The number of hydrogen-bond acceptors (Lipinski definition) is 3. The molecule has 1 aromatic carbocycles. The molecule has 0 fully saturated rings. The molecule has 5 heteroatoms. The first-order valence-electron chi connectivity index (χ1n) is 4.79. The summed E-state index contributed by atoms with van der Waals surface area (Å²) in [6.45, 7) is 0.484. The number of hydrogen-bond donors (Lipinski definition) is 1. The minimum absolute atomic E-state index is 0.240. The van der Waals surface area contributed by atoms with Crippen molar-refractivity contribution in [2.75, 3.05) is 12.8 Å². The molecule has 1 aromatic heterocycles. The summed E-state index contributed by atoms with van der Waals surface area (Å²) < 4.78 is 19.9. The van der Waals surface area contributed by atoms with Crippen molar-refractivity contribution in [3.05, 3.63) is 42.0 Å². The van der Waals surface area contributed by atoms with Gasteiger partial charge in [-0.15, -0.1) is 0 Å². The Kier molecular flexibility index (Phi) is 2.76. The Labute approximate surface area is 92.4 Å². The van der Waals surface area contributed by atoms with Crippen LogP contribution in [0.5, 0.6) is 5.75 Å². The molecule has 0 saturated heterocycles.